The summed E-state index contributed by atoms with van der Waals surface area (Å²) in [7, 11) is 0. The Kier molecular flexibility index (Phi) is 7.12. The van der Waals surface area contributed by atoms with Crippen LogP contribution < -0.4 is 4.74 Å². The number of aryl methyl sites for hydroxylation is 1. The van der Waals surface area contributed by atoms with Crippen LogP contribution in [0.15, 0.2) is 36.4 Å². The Labute approximate surface area is 165 Å². The number of halogens is 4. The summed E-state index contributed by atoms with van der Waals surface area (Å²) in [4.78, 5) is 10.6. The van der Waals surface area contributed by atoms with Gasteiger partial charge in [-0.05, 0) is 44.4 Å². The highest BCUT2D eigenvalue weighted by atomic mass is 35.5. The third-order valence-corrected chi connectivity index (χ3v) is 4.08. The number of carboxylic acids is 1. The van der Waals surface area contributed by atoms with E-state index in [9.17, 15) is 18.0 Å². The fourth-order valence-electron chi connectivity index (χ4n) is 2.49. The van der Waals surface area contributed by atoms with Gasteiger partial charge in [0.1, 0.15) is 0 Å². The van der Waals surface area contributed by atoms with Crippen LogP contribution in [-0.4, -0.2) is 27.0 Å². The molecule has 2 aromatic rings. The average molecular weight is 417 g/mol. The Morgan fingerprint density at radius 2 is 2.07 bits per heavy atom. The van der Waals surface area contributed by atoms with E-state index < -0.39 is 17.7 Å². The number of hydrogen-bond acceptors (Lipinski definition) is 3. The number of aromatic nitrogens is 2. The number of nitrogens with zero attached hydrogens (tertiary/aromatic N) is 2. The van der Waals surface area contributed by atoms with Gasteiger partial charge in [-0.1, -0.05) is 23.7 Å². The summed E-state index contributed by atoms with van der Waals surface area (Å²) in [5, 5.41) is 13.0. The summed E-state index contributed by atoms with van der Waals surface area (Å²) >= 11 is 6.04. The van der Waals surface area contributed by atoms with E-state index in [1.165, 1.54) is 12.1 Å². The molecule has 2 rings (SSSR count). The summed E-state index contributed by atoms with van der Waals surface area (Å²) in [6, 6.07) is 4.92. The molecule has 1 aromatic carbocycles. The Balaban J connectivity index is 2.25. The van der Waals surface area contributed by atoms with Crippen molar-refractivity contribution >= 4 is 17.6 Å². The predicted octanol–water partition coefficient (Wildman–Crippen LogP) is 4.96. The summed E-state index contributed by atoms with van der Waals surface area (Å²) in [6.07, 6.45) is -1.05. The third kappa shape index (κ3) is 6.30. The normalized spacial score (nSPS) is 12.1. The van der Waals surface area contributed by atoms with E-state index in [1.54, 1.807) is 10.7 Å². The molecule has 1 heterocycles. The Bertz CT molecular complexity index is 861. The molecule has 5 nitrogen and oxygen atoms in total. The van der Waals surface area contributed by atoms with Crippen molar-refractivity contribution in [2.24, 2.45) is 0 Å². The van der Waals surface area contributed by atoms with Crippen molar-refractivity contribution in [1.82, 2.24) is 9.78 Å². The van der Waals surface area contributed by atoms with E-state index in [2.05, 4.69) is 5.10 Å². The number of rotatable bonds is 8. The molecule has 9 heteroatoms. The van der Waals surface area contributed by atoms with Crippen LogP contribution >= 0.6 is 11.6 Å². The molecular weight excluding hydrogens is 397 g/mol. The maximum Gasteiger partial charge on any atom is 0.416 e. The van der Waals surface area contributed by atoms with Gasteiger partial charge >= 0.3 is 12.1 Å². The standard InChI is InChI=1S/C19H20ClF3N2O3/c1-12(2)28-17-10-15(5-3-4-6-18(26)27)25(24-17)11-13-7-8-14(9-16(13)20)19(21,22)23/h4,6-10,12H,3,5,11H2,1-2H3,(H,26,27). The molecule has 0 fully saturated rings. The predicted molar refractivity (Wildman–Crippen MR) is 98.6 cm³/mol. The molecule has 152 valence electrons. The summed E-state index contributed by atoms with van der Waals surface area (Å²) in [5.74, 6) is -0.649. The first-order valence-electron chi connectivity index (χ1n) is 8.54. The van der Waals surface area contributed by atoms with E-state index in [0.29, 0.717) is 24.3 Å². The van der Waals surface area contributed by atoms with Gasteiger partial charge < -0.3 is 9.84 Å². The Morgan fingerprint density at radius 3 is 2.64 bits per heavy atom. The zero-order valence-electron chi connectivity index (χ0n) is 15.3. The van der Waals surface area contributed by atoms with Crippen LogP contribution in [0.3, 0.4) is 0 Å². The number of carbonyl (C=O) groups is 1. The second kappa shape index (κ2) is 9.14. The summed E-state index contributed by atoms with van der Waals surface area (Å²) < 4.78 is 45.6. The van der Waals surface area contributed by atoms with Crippen LogP contribution in [0.1, 0.15) is 37.1 Å². The zero-order valence-corrected chi connectivity index (χ0v) is 16.1. The number of carboxylic acid groups (broad SMARTS) is 1. The van der Waals surface area contributed by atoms with Gasteiger partial charge in [0.25, 0.3) is 0 Å². The Hall–Kier alpha value is -2.48. The van der Waals surface area contributed by atoms with Gasteiger partial charge in [0.15, 0.2) is 0 Å². The van der Waals surface area contributed by atoms with Crippen LogP contribution in [0.2, 0.25) is 5.02 Å². The van der Waals surface area contributed by atoms with E-state index in [-0.39, 0.29) is 17.7 Å². The largest absolute Gasteiger partial charge is 0.478 e. The molecule has 0 spiro atoms. The topological polar surface area (TPSA) is 64.3 Å². The van der Waals surface area contributed by atoms with Gasteiger partial charge in [0, 0.05) is 22.9 Å². The van der Waals surface area contributed by atoms with E-state index in [4.69, 9.17) is 21.4 Å². The van der Waals surface area contributed by atoms with Crippen molar-refractivity contribution in [1.29, 1.82) is 0 Å². The van der Waals surface area contributed by atoms with Crippen LogP contribution in [0, 0.1) is 0 Å². The third-order valence-electron chi connectivity index (χ3n) is 3.73. The fourth-order valence-corrected chi connectivity index (χ4v) is 2.74. The second-order valence-electron chi connectivity index (χ2n) is 6.38. The lowest BCUT2D eigenvalue weighted by Crippen LogP contribution is -2.10. The van der Waals surface area contributed by atoms with Crippen LogP contribution in [0.5, 0.6) is 5.88 Å². The van der Waals surface area contributed by atoms with Gasteiger partial charge in [-0.25, -0.2) is 4.79 Å². The molecule has 0 aliphatic carbocycles. The first kappa shape index (κ1) is 21.8. The number of allylic oxidation sites excluding steroid dienone is 1. The number of hydrogen-bond donors (Lipinski definition) is 1. The molecule has 0 amide bonds. The van der Waals surface area contributed by atoms with E-state index in [0.717, 1.165) is 23.9 Å². The lowest BCUT2D eigenvalue weighted by atomic mass is 10.1. The van der Waals surface area contributed by atoms with Crippen molar-refractivity contribution in [2.45, 2.75) is 45.5 Å². The first-order chi connectivity index (χ1) is 13.1. The highest BCUT2D eigenvalue weighted by molar-refractivity contribution is 6.31. The SMILES string of the molecule is CC(C)Oc1cc(CCC=CC(=O)O)n(Cc2ccc(C(F)(F)F)cc2Cl)n1. The van der Waals surface area contributed by atoms with Gasteiger partial charge in [-0.15, -0.1) is 5.10 Å². The van der Waals surface area contributed by atoms with E-state index >= 15 is 0 Å². The van der Waals surface area contributed by atoms with Crippen molar-refractivity contribution in [2.75, 3.05) is 0 Å². The van der Waals surface area contributed by atoms with Crippen molar-refractivity contribution in [3.05, 3.63) is 58.3 Å². The van der Waals surface area contributed by atoms with Gasteiger partial charge in [0.05, 0.1) is 18.2 Å². The van der Waals surface area contributed by atoms with Crippen LogP contribution in [0.25, 0.3) is 0 Å². The summed E-state index contributed by atoms with van der Waals surface area (Å²) in [6.45, 7) is 3.86. The highest BCUT2D eigenvalue weighted by Gasteiger charge is 2.30. The Morgan fingerprint density at radius 1 is 1.36 bits per heavy atom. The monoisotopic (exact) mass is 416 g/mol. The fraction of sp³-hybridized carbons (Fsp3) is 0.368. The maximum atomic E-state index is 12.8. The molecule has 0 saturated carbocycles. The number of ether oxygens (including phenoxy) is 1. The molecule has 0 bridgehead atoms. The molecule has 0 radical (unpaired) electrons. The lowest BCUT2D eigenvalue weighted by Gasteiger charge is -2.11. The molecule has 0 aliphatic rings. The molecule has 28 heavy (non-hydrogen) atoms. The van der Waals surface area contributed by atoms with Gasteiger partial charge in [-0.2, -0.15) is 13.2 Å². The molecular formula is C19H20ClF3N2O3. The van der Waals surface area contributed by atoms with Crippen LogP contribution in [0.4, 0.5) is 13.2 Å². The van der Waals surface area contributed by atoms with Gasteiger partial charge in [0.2, 0.25) is 5.88 Å². The second-order valence-corrected chi connectivity index (χ2v) is 6.79. The van der Waals surface area contributed by atoms with Crippen molar-refractivity contribution < 1.29 is 27.8 Å². The minimum Gasteiger partial charge on any atom is -0.478 e. The number of benzene rings is 1. The van der Waals surface area contributed by atoms with E-state index in [1.807, 2.05) is 13.8 Å². The smallest absolute Gasteiger partial charge is 0.416 e. The van der Waals surface area contributed by atoms with Gasteiger partial charge in [-0.3, -0.25) is 4.68 Å². The molecule has 1 N–H and O–H groups in total. The van der Waals surface area contributed by atoms with Crippen molar-refractivity contribution in [3.63, 3.8) is 0 Å². The van der Waals surface area contributed by atoms with Crippen molar-refractivity contribution in [3.8, 4) is 5.88 Å². The lowest BCUT2D eigenvalue weighted by molar-refractivity contribution is -0.137. The van der Waals surface area contributed by atoms with Crippen LogP contribution in [-0.2, 0) is 23.9 Å². The molecule has 0 atom stereocenters. The molecule has 0 aliphatic heterocycles. The minimum absolute atomic E-state index is 0.00613. The first-order valence-corrected chi connectivity index (χ1v) is 8.92. The molecule has 1 aromatic heterocycles. The number of alkyl halides is 3. The molecule has 0 unspecified atom stereocenters. The maximum absolute atomic E-state index is 12.8. The quantitative estimate of drug-likeness (QED) is 0.617. The number of aliphatic carboxylic acids is 1. The summed E-state index contributed by atoms with van der Waals surface area (Å²) in [5.41, 5.74) is 0.419. The minimum atomic E-state index is -4.46. The molecule has 0 saturated heterocycles. The zero-order chi connectivity index (χ0) is 20.9. The highest BCUT2D eigenvalue weighted by Crippen LogP contribution is 2.32. The average Bonchev–Trinajstić information content (AvgIpc) is 2.93.